The number of nitrogens with one attached hydrogen (secondary N) is 1. The molecule has 2 aromatic rings. The summed E-state index contributed by atoms with van der Waals surface area (Å²) in [5.74, 6) is -1.20. The quantitative estimate of drug-likeness (QED) is 0.510. The fourth-order valence-corrected chi connectivity index (χ4v) is 5.47. The Kier molecular flexibility index (Phi) is 9.27. The molecule has 1 fully saturated rings. The van der Waals surface area contributed by atoms with Gasteiger partial charge >= 0.3 is 0 Å². The molecule has 3 rings (SSSR count). The van der Waals surface area contributed by atoms with Gasteiger partial charge in [-0.3, -0.25) is 9.59 Å². The molecule has 0 radical (unpaired) electrons. The summed E-state index contributed by atoms with van der Waals surface area (Å²) in [4.78, 5) is 28.0. The van der Waals surface area contributed by atoms with Crippen molar-refractivity contribution in [2.24, 2.45) is 0 Å². The number of sulfonamides is 1. The zero-order valence-electron chi connectivity index (χ0n) is 19.9. The fraction of sp³-hybridized carbons (Fsp3) is 0.440. The molecule has 35 heavy (non-hydrogen) atoms. The predicted molar refractivity (Wildman–Crippen MR) is 133 cm³/mol. The van der Waals surface area contributed by atoms with Crippen molar-refractivity contribution in [1.82, 2.24) is 14.5 Å². The van der Waals surface area contributed by atoms with Gasteiger partial charge in [0.05, 0.1) is 11.4 Å². The minimum Gasteiger partial charge on any atom is -0.352 e. The first-order chi connectivity index (χ1) is 16.6. The molecule has 0 heterocycles. The normalized spacial score (nSPS) is 15.2. The topological polar surface area (TPSA) is 86.8 Å². The fourth-order valence-electron chi connectivity index (χ4n) is 4.23. The van der Waals surface area contributed by atoms with Crippen LogP contribution in [0.5, 0.6) is 0 Å². The van der Waals surface area contributed by atoms with Crippen molar-refractivity contribution in [3.8, 4) is 0 Å². The Bertz CT molecular complexity index is 1120. The highest BCUT2D eigenvalue weighted by Crippen LogP contribution is 2.21. The molecule has 0 unspecified atom stereocenters. The van der Waals surface area contributed by atoms with Gasteiger partial charge in [-0.05, 0) is 61.2 Å². The van der Waals surface area contributed by atoms with Gasteiger partial charge in [0.15, 0.2) is 0 Å². The van der Waals surface area contributed by atoms with Gasteiger partial charge in [-0.2, -0.15) is 4.31 Å². The van der Waals surface area contributed by atoms with E-state index in [1.54, 1.807) is 19.1 Å². The van der Waals surface area contributed by atoms with E-state index in [1.165, 1.54) is 48.3 Å². The van der Waals surface area contributed by atoms with Crippen molar-refractivity contribution in [2.75, 3.05) is 13.6 Å². The third-order valence-electron chi connectivity index (χ3n) is 6.23. The molecule has 0 saturated heterocycles. The number of hydrogen-bond acceptors (Lipinski definition) is 4. The van der Waals surface area contributed by atoms with E-state index in [0.717, 1.165) is 30.0 Å². The van der Waals surface area contributed by atoms with Gasteiger partial charge in [0.25, 0.3) is 0 Å². The van der Waals surface area contributed by atoms with E-state index in [-0.39, 0.29) is 23.4 Å². The van der Waals surface area contributed by atoms with E-state index in [1.807, 2.05) is 0 Å². The van der Waals surface area contributed by atoms with Gasteiger partial charge in [-0.1, -0.05) is 43.5 Å². The Labute approximate surface area is 211 Å². The van der Waals surface area contributed by atoms with Crippen LogP contribution in [0.3, 0.4) is 0 Å². The Morgan fingerprint density at radius 1 is 1.09 bits per heavy atom. The number of nitrogens with zero attached hydrogens (tertiary/aromatic N) is 2. The summed E-state index contributed by atoms with van der Waals surface area (Å²) in [5.41, 5.74) is 0.634. The Hall–Kier alpha value is -2.49. The average molecular weight is 524 g/mol. The number of halogens is 2. The monoisotopic (exact) mass is 523 g/mol. The van der Waals surface area contributed by atoms with Crippen molar-refractivity contribution >= 4 is 33.4 Å². The lowest BCUT2D eigenvalue weighted by Crippen LogP contribution is -2.53. The summed E-state index contributed by atoms with van der Waals surface area (Å²) in [7, 11) is -2.64. The van der Waals surface area contributed by atoms with E-state index in [4.69, 9.17) is 11.6 Å². The number of amides is 2. The number of hydrogen-bond donors (Lipinski definition) is 1. The third-order valence-corrected chi connectivity index (χ3v) is 8.30. The number of likely N-dealkylation sites (N-methyl/N-ethyl adjacent to an activating group) is 1. The standard InChI is InChI=1S/C25H31ClFN3O4S/c1-3-23(25(32)28-21-6-4-5-7-21)30(16-18-8-12-20(27)13-9-18)24(31)17-29(2)35(33,34)22-14-10-19(26)11-15-22/h8-15,21,23H,3-7,16-17H2,1-2H3,(H,28,32)/t23-/m1/s1. The molecule has 1 aliphatic carbocycles. The number of carbonyl (C=O) groups excluding carboxylic acids is 2. The van der Waals surface area contributed by atoms with Gasteiger partial charge in [0.1, 0.15) is 11.9 Å². The largest absolute Gasteiger partial charge is 0.352 e. The molecular weight excluding hydrogens is 493 g/mol. The van der Waals surface area contributed by atoms with Crippen LogP contribution in [-0.4, -0.2) is 55.1 Å². The van der Waals surface area contributed by atoms with Crippen molar-refractivity contribution in [2.45, 2.75) is 62.6 Å². The van der Waals surface area contributed by atoms with Crippen molar-refractivity contribution in [3.05, 3.63) is 64.9 Å². The number of benzene rings is 2. The third kappa shape index (κ3) is 7.02. The summed E-state index contributed by atoms with van der Waals surface area (Å²) in [6, 6.07) is 10.6. The average Bonchev–Trinajstić information content (AvgIpc) is 3.33. The van der Waals surface area contributed by atoms with Crippen LogP contribution in [0.25, 0.3) is 0 Å². The number of rotatable bonds is 10. The van der Waals surface area contributed by atoms with E-state index < -0.39 is 34.3 Å². The maximum Gasteiger partial charge on any atom is 0.243 e. The molecule has 0 aliphatic heterocycles. The second-order valence-electron chi connectivity index (χ2n) is 8.78. The van der Waals surface area contributed by atoms with Crippen LogP contribution >= 0.6 is 11.6 Å². The first-order valence-corrected chi connectivity index (χ1v) is 13.5. The number of carbonyl (C=O) groups is 2. The van der Waals surface area contributed by atoms with Crippen LogP contribution in [-0.2, 0) is 26.2 Å². The molecule has 1 N–H and O–H groups in total. The molecule has 2 amide bonds. The highest BCUT2D eigenvalue weighted by atomic mass is 35.5. The molecule has 7 nitrogen and oxygen atoms in total. The van der Waals surface area contributed by atoms with Gasteiger partial charge in [0, 0.05) is 24.7 Å². The molecule has 2 aromatic carbocycles. The van der Waals surface area contributed by atoms with Crippen LogP contribution in [0, 0.1) is 5.82 Å². The maximum absolute atomic E-state index is 13.4. The van der Waals surface area contributed by atoms with Crippen molar-refractivity contribution in [1.29, 1.82) is 0 Å². The van der Waals surface area contributed by atoms with E-state index in [0.29, 0.717) is 17.0 Å². The molecule has 1 atom stereocenters. The van der Waals surface area contributed by atoms with E-state index >= 15 is 0 Å². The summed E-state index contributed by atoms with van der Waals surface area (Å²) < 4.78 is 40.4. The van der Waals surface area contributed by atoms with Crippen molar-refractivity contribution < 1.29 is 22.4 Å². The zero-order chi connectivity index (χ0) is 25.6. The SMILES string of the molecule is CC[C@H](C(=O)NC1CCCC1)N(Cc1ccc(F)cc1)C(=O)CN(C)S(=O)(=O)c1ccc(Cl)cc1. The second-order valence-corrected chi connectivity index (χ2v) is 11.3. The maximum atomic E-state index is 13.4. The lowest BCUT2D eigenvalue weighted by atomic mass is 10.1. The van der Waals surface area contributed by atoms with Crippen LogP contribution in [0.2, 0.25) is 5.02 Å². The minimum absolute atomic E-state index is 0.00769. The molecule has 0 aromatic heterocycles. The lowest BCUT2D eigenvalue weighted by molar-refractivity contribution is -0.141. The Morgan fingerprint density at radius 2 is 1.69 bits per heavy atom. The summed E-state index contributed by atoms with van der Waals surface area (Å²) in [6.07, 6.45) is 4.24. The second kappa shape index (κ2) is 12.0. The Balaban J connectivity index is 1.83. The molecule has 0 spiro atoms. The summed E-state index contributed by atoms with van der Waals surface area (Å²) >= 11 is 5.86. The molecule has 0 bridgehead atoms. The first kappa shape index (κ1) is 27.1. The van der Waals surface area contributed by atoms with E-state index in [2.05, 4.69) is 5.32 Å². The Morgan fingerprint density at radius 3 is 2.26 bits per heavy atom. The molecule has 10 heteroatoms. The van der Waals surface area contributed by atoms with Gasteiger partial charge in [-0.15, -0.1) is 0 Å². The molecular formula is C25H31ClFN3O4S. The first-order valence-electron chi connectivity index (χ1n) is 11.7. The van der Waals surface area contributed by atoms with Crippen LogP contribution in [0.15, 0.2) is 53.4 Å². The highest BCUT2D eigenvalue weighted by molar-refractivity contribution is 7.89. The molecule has 190 valence electrons. The smallest absolute Gasteiger partial charge is 0.243 e. The van der Waals surface area contributed by atoms with Gasteiger partial charge in [0.2, 0.25) is 21.8 Å². The van der Waals surface area contributed by atoms with Crippen LogP contribution in [0.4, 0.5) is 4.39 Å². The summed E-state index contributed by atoms with van der Waals surface area (Å²) in [5, 5.41) is 3.43. The highest BCUT2D eigenvalue weighted by Gasteiger charge is 2.33. The minimum atomic E-state index is -3.96. The molecule has 1 saturated carbocycles. The summed E-state index contributed by atoms with van der Waals surface area (Å²) in [6.45, 7) is 1.39. The van der Waals surface area contributed by atoms with Crippen molar-refractivity contribution in [3.63, 3.8) is 0 Å². The van der Waals surface area contributed by atoms with Crippen LogP contribution in [0.1, 0.15) is 44.6 Å². The molecule has 1 aliphatic rings. The van der Waals surface area contributed by atoms with Gasteiger partial charge < -0.3 is 10.2 Å². The predicted octanol–water partition coefficient (Wildman–Crippen LogP) is 3.97. The lowest BCUT2D eigenvalue weighted by Gasteiger charge is -2.32. The zero-order valence-corrected chi connectivity index (χ0v) is 21.5. The van der Waals surface area contributed by atoms with Gasteiger partial charge in [-0.25, -0.2) is 12.8 Å². The van der Waals surface area contributed by atoms with Crippen LogP contribution < -0.4 is 5.32 Å². The van der Waals surface area contributed by atoms with E-state index in [9.17, 15) is 22.4 Å².